The SMILES string of the molecule is Cc1cc(Cl)ccc1N1CCN(C(=O)CC(C)C)[C@H](C)C1=O. The van der Waals surface area contributed by atoms with E-state index in [2.05, 4.69) is 0 Å². The lowest BCUT2D eigenvalue weighted by Crippen LogP contribution is -2.58. The molecular weight excluding hydrogens is 300 g/mol. The molecule has 0 radical (unpaired) electrons. The fraction of sp³-hybridized carbons (Fsp3) is 0.529. The van der Waals surface area contributed by atoms with Gasteiger partial charge >= 0.3 is 0 Å². The first-order valence-corrected chi connectivity index (χ1v) is 8.06. The normalized spacial score (nSPS) is 19.0. The lowest BCUT2D eigenvalue weighted by molar-refractivity contribution is -0.141. The van der Waals surface area contributed by atoms with Crippen molar-refractivity contribution in [3.05, 3.63) is 28.8 Å². The van der Waals surface area contributed by atoms with Gasteiger partial charge in [0.25, 0.3) is 0 Å². The highest BCUT2D eigenvalue weighted by molar-refractivity contribution is 6.30. The van der Waals surface area contributed by atoms with Gasteiger partial charge in [0.1, 0.15) is 6.04 Å². The summed E-state index contributed by atoms with van der Waals surface area (Å²) in [5.41, 5.74) is 1.84. The van der Waals surface area contributed by atoms with Gasteiger partial charge in [-0.25, -0.2) is 0 Å². The predicted octanol–water partition coefficient (Wildman–Crippen LogP) is 3.26. The summed E-state index contributed by atoms with van der Waals surface area (Å²) < 4.78 is 0. The van der Waals surface area contributed by atoms with Crippen molar-refractivity contribution < 1.29 is 9.59 Å². The second-order valence-electron chi connectivity index (χ2n) is 6.28. The number of hydrogen-bond donors (Lipinski definition) is 0. The Hall–Kier alpha value is -1.55. The molecule has 0 unspecified atom stereocenters. The first-order valence-electron chi connectivity index (χ1n) is 7.68. The van der Waals surface area contributed by atoms with Crippen LogP contribution in [0.25, 0.3) is 0 Å². The summed E-state index contributed by atoms with van der Waals surface area (Å²) in [6.45, 7) is 8.86. The number of hydrogen-bond acceptors (Lipinski definition) is 2. The van der Waals surface area contributed by atoms with Crippen LogP contribution in [0.3, 0.4) is 0 Å². The molecule has 0 aromatic heterocycles. The highest BCUT2D eigenvalue weighted by Crippen LogP contribution is 2.27. The number of carbonyl (C=O) groups excluding carboxylic acids is 2. The molecule has 0 saturated carbocycles. The molecule has 0 bridgehead atoms. The van der Waals surface area contributed by atoms with E-state index in [0.29, 0.717) is 30.5 Å². The summed E-state index contributed by atoms with van der Waals surface area (Å²) in [6.07, 6.45) is 0.484. The third kappa shape index (κ3) is 3.43. The number of aryl methyl sites for hydroxylation is 1. The van der Waals surface area contributed by atoms with Crippen LogP contribution in [0.4, 0.5) is 5.69 Å². The average Bonchev–Trinajstić information content (AvgIpc) is 2.41. The van der Waals surface area contributed by atoms with Gasteiger partial charge in [-0.1, -0.05) is 25.4 Å². The molecular formula is C17H23ClN2O2. The van der Waals surface area contributed by atoms with Gasteiger partial charge in [-0.05, 0) is 43.5 Å². The van der Waals surface area contributed by atoms with Crippen LogP contribution in [-0.2, 0) is 9.59 Å². The zero-order chi connectivity index (χ0) is 16.4. The Labute approximate surface area is 137 Å². The molecule has 2 amide bonds. The highest BCUT2D eigenvalue weighted by atomic mass is 35.5. The summed E-state index contributed by atoms with van der Waals surface area (Å²) in [4.78, 5) is 28.4. The average molecular weight is 323 g/mol. The molecule has 0 spiro atoms. The summed E-state index contributed by atoms with van der Waals surface area (Å²) >= 11 is 5.98. The fourth-order valence-electron chi connectivity index (χ4n) is 2.84. The minimum absolute atomic E-state index is 0.0335. The van der Waals surface area contributed by atoms with E-state index in [0.717, 1.165) is 11.3 Å². The molecule has 5 heteroatoms. The first kappa shape index (κ1) is 16.8. The second-order valence-corrected chi connectivity index (χ2v) is 6.72. The van der Waals surface area contributed by atoms with Crippen LogP contribution >= 0.6 is 11.6 Å². The number of nitrogens with zero attached hydrogens (tertiary/aromatic N) is 2. The van der Waals surface area contributed by atoms with Crippen LogP contribution in [0.15, 0.2) is 18.2 Å². The lowest BCUT2D eigenvalue weighted by atomic mass is 10.1. The van der Waals surface area contributed by atoms with Crippen LogP contribution in [0.5, 0.6) is 0 Å². The van der Waals surface area contributed by atoms with E-state index < -0.39 is 6.04 Å². The van der Waals surface area contributed by atoms with Gasteiger partial charge in [0.15, 0.2) is 0 Å². The van der Waals surface area contributed by atoms with Gasteiger partial charge in [-0.2, -0.15) is 0 Å². The molecule has 0 N–H and O–H groups in total. The van der Waals surface area contributed by atoms with E-state index in [1.54, 1.807) is 22.8 Å². The van der Waals surface area contributed by atoms with E-state index in [-0.39, 0.29) is 11.8 Å². The number of benzene rings is 1. The maximum Gasteiger partial charge on any atom is 0.249 e. The molecule has 1 aliphatic heterocycles. The molecule has 2 rings (SSSR count). The van der Waals surface area contributed by atoms with Crippen LogP contribution in [-0.4, -0.2) is 35.8 Å². The minimum atomic E-state index is -0.421. The summed E-state index contributed by atoms with van der Waals surface area (Å²) in [6, 6.07) is 5.09. The third-order valence-corrected chi connectivity index (χ3v) is 4.24. The Kier molecular flexibility index (Phi) is 5.12. The topological polar surface area (TPSA) is 40.6 Å². The van der Waals surface area contributed by atoms with Crippen molar-refractivity contribution >= 4 is 29.1 Å². The van der Waals surface area contributed by atoms with E-state index in [9.17, 15) is 9.59 Å². The second kappa shape index (κ2) is 6.69. The Morgan fingerprint density at radius 1 is 1.36 bits per heavy atom. The Morgan fingerprint density at radius 2 is 2.05 bits per heavy atom. The van der Waals surface area contributed by atoms with Crippen molar-refractivity contribution in [2.45, 2.75) is 40.2 Å². The maximum absolute atomic E-state index is 12.7. The standard InChI is InChI=1S/C17H23ClN2O2/c1-11(2)9-16(21)19-7-8-20(17(22)13(19)4)15-6-5-14(18)10-12(15)3/h5-6,10-11,13H,7-9H2,1-4H3/t13-/m1/s1. The molecule has 1 aromatic carbocycles. The largest absolute Gasteiger partial charge is 0.329 e. The summed E-state index contributed by atoms with van der Waals surface area (Å²) in [5.74, 6) is 0.323. The quantitative estimate of drug-likeness (QED) is 0.857. The molecule has 1 saturated heterocycles. The van der Waals surface area contributed by atoms with Crippen molar-refractivity contribution in [2.24, 2.45) is 5.92 Å². The molecule has 1 heterocycles. The number of anilines is 1. The van der Waals surface area contributed by atoms with Crippen LogP contribution < -0.4 is 4.90 Å². The maximum atomic E-state index is 12.7. The number of rotatable bonds is 3. The zero-order valence-corrected chi connectivity index (χ0v) is 14.4. The third-order valence-electron chi connectivity index (χ3n) is 4.01. The highest BCUT2D eigenvalue weighted by Gasteiger charge is 2.35. The molecule has 120 valence electrons. The number of halogens is 1. The minimum Gasteiger partial charge on any atom is -0.329 e. The fourth-order valence-corrected chi connectivity index (χ4v) is 3.07. The van der Waals surface area contributed by atoms with Gasteiger partial charge in [-0.3, -0.25) is 9.59 Å². The molecule has 1 aromatic rings. The summed E-state index contributed by atoms with van der Waals surface area (Å²) in [7, 11) is 0. The van der Waals surface area contributed by atoms with E-state index in [4.69, 9.17) is 11.6 Å². The lowest BCUT2D eigenvalue weighted by Gasteiger charge is -2.40. The van der Waals surface area contributed by atoms with Gasteiger partial charge in [0, 0.05) is 30.2 Å². The molecule has 1 atom stereocenters. The van der Waals surface area contributed by atoms with Crippen LogP contribution in [0.1, 0.15) is 32.8 Å². The molecule has 1 fully saturated rings. The number of piperazine rings is 1. The van der Waals surface area contributed by atoms with Crippen molar-refractivity contribution in [2.75, 3.05) is 18.0 Å². The van der Waals surface area contributed by atoms with Gasteiger partial charge in [-0.15, -0.1) is 0 Å². The monoisotopic (exact) mass is 322 g/mol. The number of amides is 2. The Bertz CT molecular complexity index is 586. The summed E-state index contributed by atoms with van der Waals surface area (Å²) in [5, 5.41) is 0.660. The molecule has 4 nitrogen and oxygen atoms in total. The van der Waals surface area contributed by atoms with Crippen molar-refractivity contribution in [3.63, 3.8) is 0 Å². The first-order chi connectivity index (χ1) is 10.3. The van der Waals surface area contributed by atoms with E-state index in [1.807, 2.05) is 32.9 Å². The Balaban J connectivity index is 2.17. The predicted molar refractivity (Wildman–Crippen MR) is 89.2 cm³/mol. The molecule has 22 heavy (non-hydrogen) atoms. The van der Waals surface area contributed by atoms with Crippen molar-refractivity contribution in [1.29, 1.82) is 0 Å². The van der Waals surface area contributed by atoms with Crippen molar-refractivity contribution in [3.8, 4) is 0 Å². The van der Waals surface area contributed by atoms with Gasteiger partial charge < -0.3 is 9.80 Å². The molecule has 0 aliphatic carbocycles. The van der Waals surface area contributed by atoms with Crippen molar-refractivity contribution in [1.82, 2.24) is 4.90 Å². The smallest absolute Gasteiger partial charge is 0.249 e. The Morgan fingerprint density at radius 3 is 2.64 bits per heavy atom. The molecule has 1 aliphatic rings. The zero-order valence-electron chi connectivity index (χ0n) is 13.6. The van der Waals surface area contributed by atoms with E-state index >= 15 is 0 Å². The number of carbonyl (C=O) groups is 2. The van der Waals surface area contributed by atoms with Crippen LogP contribution in [0.2, 0.25) is 5.02 Å². The van der Waals surface area contributed by atoms with E-state index in [1.165, 1.54) is 0 Å². The van der Waals surface area contributed by atoms with Crippen LogP contribution in [0, 0.1) is 12.8 Å². The van der Waals surface area contributed by atoms with Gasteiger partial charge in [0.05, 0.1) is 0 Å². The van der Waals surface area contributed by atoms with Gasteiger partial charge in [0.2, 0.25) is 11.8 Å².